The van der Waals surface area contributed by atoms with E-state index >= 15 is 0 Å². The smallest absolute Gasteiger partial charge is 0.242 e. The third kappa shape index (κ3) is 4.91. The van der Waals surface area contributed by atoms with Crippen LogP contribution in [0.2, 0.25) is 5.15 Å². The molecule has 0 amide bonds. The normalized spacial score (nSPS) is 11.4. The van der Waals surface area contributed by atoms with E-state index in [2.05, 4.69) is 25.6 Å². The van der Waals surface area contributed by atoms with Crippen molar-refractivity contribution in [3.05, 3.63) is 51.7 Å². The molecule has 0 saturated heterocycles. The number of ether oxygens (including phenoxy) is 1. The fourth-order valence-electron chi connectivity index (χ4n) is 1.96. The average molecular weight is 420 g/mol. The topological polar surface area (TPSA) is 68.3 Å². The SMILES string of the molecule is CCOc1ccccc1CCNS(=O)(=O)c1cnc(Cl)c(Br)c1. The summed E-state index contributed by atoms with van der Waals surface area (Å²) in [5.74, 6) is 0.769. The molecule has 1 heterocycles. The van der Waals surface area contributed by atoms with Crippen molar-refractivity contribution < 1.29 is 13.2 Å². The zero-order chi connectivity index (χ0) is 16.9. The van der Waals surface area contributed by atoms with Gasteiger partial charge in [-0.15, -0.1) is 0 Å². The van der Waals surface area contributed by atoms with Gasteiger partial charge in [0.05, 0.1) is 11.1 Å². The molecule has 8 heteroatoms. The lowest BCUT2D eigenvalue weighted by Gasteiger charge is -2.11. The molecule has 0 bridgehead atoms. The number of aromatic nitrogens is 1. The van der Waals surface area contributed by atoms with Crippen molar-refractivity contribution >= 4 is 37.6 Å². The Morgan fingerprint density at radius 2 is 2.09 bits per heavy atom. The van der Waals surface area contributed by atoms with Crippen molar-refractivity contribution in [1.29, 1.82) is 0 Å². The monoisotopic (exact) mass is 418 g/mol. The second-order valence-electron chi connectivity index (χ2n) is 4.63. The van der Waals surface area contributed by atoms with E-state index in [1.165, 1.54) is 12.3 Å². The molecule has 0 unspecified atom stereocenters. The number of sulfonamides is 1. The van der Waals surface area contributed by atoms with Crippen molar-refractivity contribution in [2.75, 3.05) is 13.2 Å². The van der Waals surface area contributed by atoms with Crippen LogP contribution >= 0.6 is 27.5 Å². The summed E-state index contributed by atoms with van der Waals surface area (Å²) in [5.41, 5.74) is 0.951. The molecule has 0 saturated carbocycles. The van der Waals surface area contributed by atoms with E-state index in [4.69, 9.17) is 16.3 Å². The fraction of sp³-hybridized carbons (Fsp3) is 0.267. The minimum atomic E-state index is -3.64. The van der Waals surface area contributed by atoms with E-state index in [9.17, 15) is 8.42 Å². The predicted molar refractivity (Wildman–Crippen MR) is 93.5 cm³/mol. The Hall–Kier alpha value is -1.15. The number of para-hydroxylation sites is 1. The predicted octanol–water partition coefficient (Wildman–Crippen LogP) is 3.42. The summed E-state index contributed by atoms with van der Waals surface area (Å²) in [4.78, 5) is 3.89. The molecule has 23 heavy (non-hydrogen) atoms. The molecular weight excluding hydrogens is 404 g/mol. The maximum Gasteiger partial charge on any atom is 0.242 e. The molecular formula is C15H16BrClN2O3S. The van der Waals surface area contributed by atoms with Gasteiger partial charge in [-0.3, -0.25) is 0 Å². The number of hydrogen-bond acceptors (Lipinski definition) is 4. The molecule has 1 N–H and O–H groups in total. The minimum absolute atomic E-state index is 0.0619. The largest absolute Gasteiger partial charge is 0.494 e. The molecule has 2 rings (SSSR count). The molecule has 124 valence electrons. The van der Waals surface area contributed by atoms with Gasteiger partial charge in [-0.2, -0.15) is 0 Å². The van der Waals surface area contributed by atoms with E-state index in [0.717, 1.165) is 11.3 Å². The summed E-state index contributed by atoms with van der Waals surface area (Å²) in [6, 6.07) is 8.99. The van der Waals surface area contributed by atoms with Crippen LogP contribution in [0, 0.1) is 0 Å². The van der Waals surface area contributed by atoms with Crippen LogP contribution in [0.5, 0.6) is 5.75 Å². The van der Waals surface area contributed by atoms with Gasteiger partial charge >= 0.3 is 0 Å². The summed E-state index contributed by atoms with van der Waals surface area (Å²) in [6.07, 6.45) is 1.75. The van der Waals surface area contributed by atoms with Gasteiger partial charge in [-0.05, 0) is 47.0 Å². The molecule has 5 nitrogen and oxygen atoms in total. The van der Waals surface area contributed by atoms with Gasteiger partial charge < -0.3 is 4.74 Å². The lowest BCUT2D eigenvalue weighted by atomic mass is 10.1. The molecule has 1 aromatic carbocycles. The first kappa shape index (κ1) is 18.2. The zero-order valence-electron chi connectivity index (χ0n) is 12.4. The van der Waals surface area contributed by atoms with E-state index in [1.807, 2.05) is 31.2 Å². The molecule has 1 aromatic heterocycles. The second kappa shape index (κ2) is 8.10. The number of benzene rings is 1. The van der Waals surface area contributed by atoms with Crippen LogP contribution < -0.4 is 9.46 Å². The minimum Gasteiger partial charge on any atom is -0.494 e. The summed E-state index contributed by atoms with van der Waals surface area (Å²) in [7, 11) is -3.64. The summed E-state index contributed by atoms with van der Waals surface area (Å²) < 4.78 is 33.0. The van der Waals surface area contributed by atoms with E-state index < -0.39 is 10.0 Å². The van der Waals surface area contributed by atoms with Crippen LogP contribution in [-0.4, -0.2) is 26.6 Å². The first-order valence-corrected chi connectivity index (χ1v) is 9.61. The average Bonchev–Trinajstić information content (AvgIpc) is 2.52. The van der Waals surface area contributed by atoms with Gasteiger partial charge in [-0.1, -0.05) is 29.8 Å². The van der Waals surface area contributed by atoms with Crippen molar-refractivity contribution in [2.45, 2.75) is 18.2 Å². The van der Waals surface area contributed by atoms with Gasteiger partial charge in [0.25, 0.3) is 0 Å². The standard InChI is InChI=1S/C15H16BrClN2O3S/c1-2-22-14-6-4-3-5-11(14)7-8-19-23(20,21)12-9-13(16)15(17)18-10-12/h3-6,9-10,19H,2,7-8H2,1H3. The van der Waals surface area contributed by atoms with Crippen molar-refractivity contribution in [3.8, 4) is 5.75 Å². The number of hydrogen-bond donors (Lipinski definition) is 1. The van der Waals surface area contributed by atoms with E-state index in [-0.39, 0.29) is 16.6 Å². The quantitative estimate of drug-likeness (QED) is 0.698. The number of nitrogens with zero attached hydrogens (tertiary/aromatic N) is 1. The van der Waals surface area contributed by atoms with Crippen LogP contribution in [0.25, 0.3) is 0 Å². The van der Waals surface area contributed by atoms with Crippen LogP contribution in [0.3, 0.4) is 0 Å². The molecule has 0 aliphatic carbocycles. The Morgan fingerprint density at radius 1 is 1.35 bits per heavy atom. The second-order valence-corrected chi connectivity index (χ2v) is 7.61. The molecule has 0 radical (unpaired) electrons. The van der Waals surface area contributed by atoms with Gasteiger partial charge in [0.2, 0.25) is 10.0 Å². The van der Waals surface area contributed by atoms with Gasteiger partial charge in [0.1, 0.15) is 15.8 Å². The lowest BCUT2D eigenvalue weighted by molar-refractivity contribution is 0.336. The van der Waals surface area contributed by atoms with Crippen LogP contribution in [0.4, 0.5) is 0 Å². The maximum atomic E-state index is 12.3. The zero-order valence-corrected chi connectivity index (χ0v) is 15.6. The highest BCUT2D eigenvalue weighted by Gasteiger charge is 2.16. The van der Waals surface area contributed by atoms with Crippen LogP contribution in [-0.2, 0) is 16.4 Å². The number of rotatable bonds is 7. The van der Waals surface area contributed by atoms with Crippen molar-refractivity contribution in [2.24, 2.45) is 0 Å². The summed E-state index contributed by atoms with van der Waals surface area (Å²) in [6.45, 7) is 2.73. The Labute approximate surface area is 149 Å². The first-order valence-electron chi connectivity index (χ1n) is 6.95. The molecule has 0 aliphatic rings. The maximum absolute atomic E-state index is 12.3. The summed E-state index contributed by atoms with van der Waals surface area (Å²) >= 11 is 8.94. The third-order valence-electron chi connectivity index (χ3n) is 3.04. The molecule has 2 aromatic rings. The Balaban J connectivity index is 2.04. The van der Waals surface area contributed by atoms with Gasteiger partial charge in [0.15, 0.2) is 0 Å². The number of pyridine rings is 1. The van der Waals surface area contributed by atoms with Crippen LogP contribution in [0.15, 0.2) is 45.9 Å². The molecule has 0 atom stereocenters. The summed E-state index contributed by atoms with van der Waals surface area (Å²) in [5, 5.41) is 0.217. The highest BCUT2D eigenvalue weighted by atomic mass is 79.9. The van der Waals surface area contributed by atoms with Crippen LogP contribution in [0.1, 0.15) is 12.5 Å². The molecule has 0 aliphatic heterocycles. The lowest BCUT2D eigenvalue weighted by Crippen LogP contribution is -2.26. The van der Waals surface area contributed by atoms with Crippen molar-refractivity contribution in [1.82, 2.24) is 9.71 Å². The van der Waals surface area contributed by atoms with E-state index in [1.54, 1.807) is 0 Å². The Morgan fingerprint density at radius 3 is 2.78 bits per heavy atom. The molecule has 0 fully saturated rings. The third-order valence-corrected chi connectivity index (χ3v) is 5.60. The highest BCUT2D eigenvalue weighted by molar-refractivity contribution is 9.10. The first-order chi connectivity index (χ1) is 10.9. The fourth-order valence-corrected chi connectivity index (χ4v) is 3.57. The Bertz CT molecular complexity index is 784. The van der Waals surface area contributed by atoms with Crippen molar-refractivity contribution in [3.63, 3.8) is 0 Å². The highest BCUT2D eigenvalue weighted by Crippen LogP contribution is 2.23. The van der Waals surface area contributed by atoms with Gasteiger partial charge in [0, 0.05) is 12.7 Å². The number of nitrogens with one attached hydrogen (secondary N) is 1. The molecule has 0 spiro atoms. The van der Waals surface area contributed by atoms with E-state index in [0.29, 0.717) is 17.5 Å². The Kier molecular flexibility index (Phi) is 6.41. The van der Waals surface area contributed by atoms with Gasteiger partial charge in [-0.25, -0.2) is 18.1 Å². The number of halogens is 2.